The lowest BCUT2D eigenvalue weighted by atomic mass is 9.83. The molecule has 10 atom stereocenters. The largest absolute Gasteiger partial charge is 0.504 e. The maximum Gasteiger partial charge on any atom is 0.247 e. The van der Waals surface area contributed by atoms with Gasteiger partial charge in [0.05, 0.1) is 6.04 Å². The van der Waals surface area contributed by atoms with Gasteiger partial charge in [-0.3, -0.25) is 4.79 Å². The Labute approximate surface area is 263 Å². The van der Waals surface area contributed by atoms with Crippen LogP contribution in [0.4, 0.5) is 0 Å². The molecule has 2 aromatic rings. The first kappa shape index (κ1) is 33.1. The van der Waals surface area contributed by atoms with Crippen LogP contribution in [0.5, 0.6) is 17.2 Å². The highest BCUT2D eigenvalue weighted by atomic mass is 35.5. The van der Waals surface area contributed by atoms with Crippen LogP contribution in [0.1, 0.15) is 19.4 Å². The van der Waals surface area contributed by atoms with E-state index in [0.29, 0.717) is 21.9 Å². The van der Waals surface area contributed by atoms with Crippen molar-refractivity contribution in [2.75, 3.05) is 13.4 Å². The van der Waals surface area contributed by atoms with Gasteiger partial charge in [0.1, 0.15) is 68.0 Å². The van der Waals surface area contributed by atoms with E-state index in [-0.39, 0.29) is 30.5 Å². The zero-order valence-electron chi connectivity index (χ0n) is 24.4. The molecule has 3 aliphatic rings. The van der Waals surface area contributed by atoms with Crippen LogP contribution in [0, 0.1) is 0 Å². The van der Waals surface area contributed by atoms with Gasteiger partial charge in [-0.05, 0) is 67.5 Å². The zero-order valence-corrected chi connectivity index (χ0v) is 25.2. The smallest absolute Gasteiger partial charge is 0.247 e. The Balaban J connectivity index is 1.18. The van der Waals surface area contributed by atoms with E-state index in [1.165, 1.54) is 25.1 Å². The number of hydrogen-bond acceptors (Lipinski definition) is 12. The van der Waals surface area contributed by atoms with Gasteiger partial charge in [-0.2, -0.15) is 0 Å². The predicted octanol–water partition coefficient (Wildman–Crippen LogP) is 0.622. The van der Waals surface area contributed by atoms with E-state index in [9.17, 15) is 35.4 Å². The minimum atomic E-state index is -1.49. The lowest BCUT2D eigenvalue weighted by Crippen LogP contribution is -2.67. The van der Waals surface area contributed by atoms with E-state index in [1.807, 2.05) is 0 Å². The number of aliphatic hydroxyl groups is 5. The summed E-state index contributed by atoms with van der Waals surface area (Å²) < 4.78 is 27.6. The summed E-state index contributed by atoms with van der Waals surface area (Å²) in [5, 5.41) is 66.2. The molecule has 1 aliphatic carbocycles. The number of aliphatic hydroxyl groups excluding tert-OH is 5. The number of nitrogens with one attached hydrogen (secondary N) is 1. The molecule has 45 heavy (non-hydrogen) atoms. The normalized spacial score (nSPS) is 33.5. The number of amides is 1. The molecule has 0 radical (unpaired) electrons. The predicted molar refractivity (Wildman–Crippen MR) is 158 cm³/mol. The number of fused-ring (bicyclic) bond motifs is 1. The van der Waals surface area contributed by atoms with Gasteiger partial charge >= 0.3 is 0 Å². The van der Waals surface area contributed by atoms with Crippen molar-refractivity contribution in [1.29, 1.82) is 0 Å². The fourth-order valence-corrected chi connectivity index (χ4v) is 5.63. The zero-order chi connectivity index (χ0) is 32.4. The number of phenolic OH excluding ortho intramolecular Hbond substituents is 1. The molecular weight excluding hydrogens is 614 g/mol. The Hall–Kier alpha value is -3.24. The van der Waals surface area contributed by atoms with E-state index in [1.54, 1.807) is 43.3 Å². The Morgan fingerprint density at radius 1 is 0.978 bits per heavy atom. The monoisotopic (exact) mass is 649 g/mol. The number of carbonyl (C=O) groups excluding carboxylic acids is 1. The molecule has 0 bridgehead atoms. The topological polar surface area (TPSA) is 197 Å². The van der Waals surface area contributed by atoms with Crippen LogP contribution in [-0.2, 0) is 19.0 Å². The second-order valence-electron chi connectivity index (χ2n) is 11.1. The van der Waals surface area contributed by atoms with E-state index in [0.717, 1.165) is 0 Å². The second-order valence-corrected chi connectivity index (χ2v) is 11.6. The van der Waals surface area contributed by atoms with E-state index in [2.05, 4.69) is 5.32 Å². The highest BCUT2D eigenvalue weighted by molar-refractivity contribution is 6.30. The molecule has 0 unspecified atom stereocenters. The van der Waals surface area contributed by atoms with E-state index in [4.69, 9.17) is 35.3 Å². The molecule has 5 rings (SSSR count). The molecule has 244 valence electrons. The standard InChI is InChI=1S/C31H36ClNO12/c1-14(8-9-41-18-5-3-4-17(32)12-18)27-25(38)26(39)31(45-27)44-20-7-6-16(11-19(20)34)10-15(2)30(40)33-21-22(35)24(37)29-28(23(21)36)42-13-43-29/h3-8,10-12,21-29,31,34-39H,9,13H2,1-2H3,(H,33,40)/t21-,22+,23-,24+,25+,26+,27-,28+,29-,31-/m1/s1. The molecule has 0 spiro atoms. The summed E-state index contributed by atoms with van der Waals surface area (Å²) in [5.74, 6) is -0.419. The van der Waals surface area contributed by atoms with Crippen LogP contribution in [0.2, 0.25) is 5.02 Å². The third-order valence-corrected chi connectivity index (χ3v) is 8.22. The van der Waals surface area contributed by atoms with Crippen LogP contribution in [0.3, 0.4) is 0 Å². The van der Waals surface area contributed by atoms with Gasteiger partial charge in [0.25, 0.3) is 0 Å². The Kier molecular flexibility index (Phi) is 10.3. The number of halogens is 1. The Morgan fingerprint density at radius 2 is 1.71 bits per heavy atom. The van der Waals surface area contributed by atoms with Crippen LogP contribution < -0.4 is 14.8 Å². The number of rotatable bonds is 9. The maximum atomic E-state index is 12.9. The SMILES string of the molecule is CC(=Cc1ccc(O[C@@H]2O[C@H](C(C)=CCOc3cccc(Cl)c3)[C@@H](O)[C@@H]2O)c(O)c1)C(=O)N[C@@H]1[C@H](O)[C@H](O)[C@H]2OCO[C@H]2[C@@H]1O. The Bertz CT molecular complexity index is 1440. The van der Waals surface area contributed by atoms with Gasteiger partial charge in [-0.15, -0.1) is 0 Å². The third-order valence-electron chi connectivity index (χ3n) is 7.99. The van der Waals surface area contributed by atoms with Gasteiger partial charge in [0, 0.05) is 10.6 Å². The van der Waals surface area contributed by atoms with Gasteiger partial charge < -0.3 is 59.6 Å². The van der Waals surface area contributed by atoms with Gasteiger partial charge in [0.2, 0.25) is 12.2 Å². The number of benzene rings is 2. The highest BCUT2D eigenvalue weighted by Crippen LogP contribution is 2.34. The average molecular weight is 650 g/mol. The minimum absolute atomic E-state index is 0.0344. The van der Waals surface area contributed by atoms with Crippen molar-refractivity contribution in [1.82, 2.24) is 5.32 Å². The molecule has 3 fully saturated rings. The van der Waals surface area contributed by atoms with Gasteiger partial charge in [-0.25, -0.2) is 0 Å². The number of phenols is 1. The number of aromatic hydroxyl groups is 1. The maximum absolute atomic E-state index is 12.9. The summed E-state index contributed by atoms with van der Waals surface area (Å²) in [7, 11) is 0. The molecule has 2 heterocycles. The van der Waals surface area contributed by atoms with E-state index < -0.39 is 67.1 Å². The number of ether oxygens (including phenoxy) is 5. The summed E-state index contributed by atoms with van der Waals surface area (Å²) in [4.78, 5) is 12.9. The Morgan fingerprint density at radius 3 is 2.42 bits per heavy atom. The van der Waals surface area contributed by atoms with Gasteiger partial charge in [-0.1, -0.05) is 23.7 Å². The molecule has 1 saturated carbocycles. The van der Waals surface area contributed by atoms with Crippen molar-refractivity contribution >= 4 is 23.6 Å². The lowest BCUT2D eigenvalue weighted by Gasteiger charge is -2.41. The molecule has 2 aliphatic heterocycles. The first-order chi connectivity index (χ1) is 21.4. The van der Waals surface area contributed by atoms with Crippen molar-refractivity contribution in [3.8, 4) is 17.2 Å². The fourth-order valence-electron chi connectivity index (χ4n) is 5.45. The number of hydrogen-bond donors (Lipinski definition) is 7. The quantitative estimate of drug-likeness (QED) is 0.148. The van der Waals surface area contributed by atoms with Crippen LogP contribution in [0.15, 0.2) is 59.7 Å². The van der Waals surface area contributed by atoms with Crippen molar-refractivity contribution < 1.29 is 59.1 Å². The minimum Gasteiger partial charge on any atom is -0.504 e. The first-order valence-corrected chi connectivity index (χ1v) is 14.6. The summed E-state index contributed by atoms with van der Waals surface area (Å²) >= 11 is 5.97. The molecule has 2 saturated heterocycles. The van der Waals surface area contributed by atoms with Gasteiger partial charge in [0.15, 0.2) is 11.5 Å². The molecule has 7 N–H and O–H groups in total. The third kappa shape index (κ3) is 7.27. The van der Waals surface area contributed by atoms with E-state index >= 15 is 0 Å². The molecule has 1 amide bonds. The second kappa shape index (κ2) is 14.0. The molecular formula is C31H36ClNO12. The number of carbonyl (C=O) groups is 1. The molecule has 13 nitrogen and oxygen atoms in total. The van der Waals surface area contributed by atoms with Crippen LogP contribution >= 0.6 is 11.6 Å². The summed E-state index contributed by atoms with van der Waals surface area (Å²) in [5.41, 5.74) is 1.18. The summed E-state index contributed by atoms with van der Waals surface area (Å²) in [6.45, 7) is 3.23. The van der Waals surface area contributed by atoms with Crippen molar-refractivity contribution in [3.05, 3.63) is 70.3 Å². The fraction of sp³-hybridized carbons (Fsp3) is 0.452. The molecule has 2 aromatic carbocycles. The van der Waals surface area contributed by atoms with Crippen molar-refractivity contribution in [2.45, 2.75) is 75.0 Å². The molecule has 14 heteroatoms. The highest BCUT2D eigenvalue weighted by Gasteiger charge is 2.53. The summed E-state index contributed by atoms with van der Waals surface area (Å²) in [6, 6.07) is 9.96. The van der Waals surface area contributed by atoms with Crippen LogP contribution in [0.25, 0.3) is 6.08 Å². The van der Waals surface area contributed by atoms with Crippen LogP contribution in [-0.4, -0.2) is 111 Å². The first-order valence-electron chi connectivity index (χ1n) is 14.3. The van der Waals surface area contributed by atoms with Crippen molar-refractivity contribution in [3.63, 3.8) is 0 Å². The lowest BCUT2D eigenvalue weighted by molar-refractivity contribution is -0.155. The average Bonchev–Trinajstić information content (AvgIpc) is 3.61. The van der Waals surface area contributed by atoms with Crippen molar-refractivity contribution in [2.24, 2.45) is 0 Å². The summed E-state index contributed by atoms with van der Waals surface area (Å²) in [6.07, 6.45) is -7.74. The molecule has 0 aromatic heterocycles.